The van der Waals surface area contributed by atoms with E-state index in [4.69, 9.17) is 0 Å². The average Bonchev–Trinajstić information content (AvgIpc) is 2.71. The Bertz CT molecular complexity index is 972. The molecule has 4 nitrogen and oxygen atoms in total. The van der Waals surface area contributed by atoms with E-state index >= 15 is 0 Å². The summed E-state index contributed by atoms with van der Waals surface area (Å²) < 4.78 is 0. The zero-order valence-electron chi connectivity index (χ0n) is 16.3. The Labute approximate surface area is 160 Å². The topological polar surface area (TPSA) is 61.4 Å². The lowest BCUT2D eigenvalue weighted by Gasteiger charge is -2.34. The van der Waals surface area contributed by atoms with E-state index in [1.54, 1.807) is 12.1 Å². The van der Waals surface area contributed by atoms with Crippen molar-refractivity contribution in [1.82, 2.24) is 0 Å². The molecule has 0 bridgehead atoms. The molecule has 1 aliphatic heterocycles. The third kappa shape index (κ3) is 3.09. The Morgan fingerprint density at radius 1 is 1.04 bits per heavy atom. The summed E-state index contributed by atoms with van der Waals surface area (Å²) in [6.45, 7) is 8.43. The molecule has 0 amide bonds. The number of hydrogen-bond acceptors (Lipinski definition) is 4. The summed E-state index contributed by atoms with van der Waals surface area (Å²) in [6.07, 6.45) is 1.31. The van der Waals surface area contributed by atoms with Crippen LogP contribution in [-0.4, -0.2) is 10.9 Å². The van der Waals surface area contributed by atoms with Gasteiger partial charge < -0.3 is 15.7 Å². The van der Waals surface area contributed by atoms with Crippen LogP contribution in [0.15, 0.2) is 47.7 Å². The molecular formula is C23H26N2O2. The van der Waals surface area contributed by atoms with Gasteiger partial charge in [0, 0.05) is 23.3 Å². The van der Waals surface area contributed by atoms with Crippen LogP contribution >= 0.6 is 0 Å². The van der Waals surface area contributed by atoms with Crippen molar-refractivity contribution in [3.63, 3.8) is 0 Å². The van der Waals surface area contributed by atoms with Crippen molar-refractivity contribution in [2.75, 3.05) is 10.6 Å². The van der Waals surface area contributed by atoms with Crippen LogP contribution in [0.2, 0.25) is 0 Å². The molecule has 1 atom stereocenters. The normalized spacial score (nSPS) is 20.9. The van der Waals surface area contributed by atoms with Gasteiger partial charge in [-0.05, 0) is 55.0 Å². The van der Waals surface area contributed by atoms with Gasteiger partial charge in [-0.25, -0.2) is 0 Å². The fraction of sp³-hybridized carbons (Fsp3) is 0.348. The monoisotopic (exact) mass is 362 g/mol. The number of benzene rings is 2. The minimum atomic E-state index is -0.374. The van der Waals surface area contributed by atoms with E-state index in [2.05, 4.69) is 50.5 Å². The lowest BCUT2D eigenvalue weighted by atomic mass is 9.73. The van der Waals surface area contributed by atoms with E-state index in [0.717, 1.165) is 34.6 Å². The number of carbonyl (C=O) groups excluding carboxylic acids is 1. The molecule has 0 aromatic heterocycles. The first-order valence-corrected chi connectivity index (χ1v) is 9.44. The molecule has 140 valence electrons. The molecular weight excluding hydrogens is 336 g/mol. The highest BCUT2D eigenvalue weighted by Crippen LogP contribution is 2.47. The SMILES string of the molecule is Cc1cc2c(cc1C)N[C@H](c1ccccc1O)C1=C(CC(C)(C)CC1=O)N2. The van der Waals surface area contributed by atoms with Crippen LogP contribution in [0.5, 0.6) is 5.75 Å². The Morgan fingerprint density at radius 3 is 2.41 bits per heavy atom. The van der Waals surface area contributed by atoms with Gasteiger partial charge in [0.1, 0.15) is 5.75 Å². The van der Waals surface area contributed by atoms with Gasteiger partial charge in [-0.3, -0.25) is 4.79 Å². The number of fused-ring (bicyclic) bond motifs is 1. The number of allylic oxidation sites excluding steroid dienone is 1. The van der Waals surface area contributed by atoms with Gasteiger partial charge in [0.2, 0.25) is 0 Å². The highest BCUT2D eigenvalue weighted by Gasteiger charge is 2.39. The molecule has 1 aliphatic carbocycles. The predicted molar refractivity (Wildman–Crippen MR) is 109 cm³/mol. The molecule has 0 radical (unpaired) electrons. The fourth-order valence-electron chi connectivity index (χ4n) is 4.18. The lowest BCUT2D eigenvalue weighted by Crippen LogP contribution is -2.31. The minimum Gasteiger partial charge on any atom is -0.508 e. The molecule has 4 rings (SSSR count). The standard InChI is InChI=1S/C23H26N2O2/c1-13-9-16-17(10-14(13)2)25-22(15-7-5-6-8-19(15)26)21-18(24-16)11-23(3,4)12-20(21)27/h5-10,22,24-26H,11-12H2,1-4H3/t22-/m1/s1. The van der Waals surface area contributed by atoms with Crippen molar-refractivity contribution in [3.05, 3.63) is 64.4 Å². The van der Waals surface area contributed by atoms with Crippen LogP contribution in [0.4, 0.5) is 11.4 Å². The molecule has 27 heavy (non-hydrogen) atoms. The number of rotatable bonds is 1. The lowest BCUT2D eigenvalue weighted by molar-refractivity contribution is -0.118. The molecule has 0 unspecified atom stereocenters. The van der Waals surface area contributed by atoms with Crippen LogP contribution in [0.3, 0.4) is 0 Å². The van der Waals surface area contributed by atoms with Crippen molar-refractivity contribution in [3.8, 4) is 5.75 Å². The van der Waals surface area contributed by atoms with Crippen molar-refractivity contribution in [1.29, 1.82) is 0 Å². The van der Waals surface area contributed by atoms with Gasteiger partial charge >= 0.3 is 0 Å². The van der Waals surface area contributed by atoms with E-state index in [9.17, 15) is 9.90 Å². The number of aryl methyl sites for hydroxylation is 2. The number of hydrogen-bond donors (Lipinski definition) is 3. The second kappa shape index (κ2) is 6.15. The van der Waals surface area contributed by atoms with Crippen LogP contribution in [0, 0.1) is 19.3 Å². The first-order valence-electron chi connectivity index (χ1n) is 9.44. The van der Waals surface area contributed by atoms with Crippen LogP contribution in [0.1, 0.15) is 49.4 Å². The van der Waals surface area contributed by atoms with Crippen LogP contribution in [-0.2, 0) is 4.79 Å². The molecule has 3 N–H and O–H groups in total. The van der Waals surface area contributed by atoms with Gasteiger partial charge in [0.25, 0.3) is 0 Å². The highest BCUT2D eigenvalue weighted by atomic mass is 16.3. The third-order valence-corrected chi connectivity index (χ3v) is 5.68. The van der Waals surface area contributed by atoms with Crippen molar-refractivity contribution in [2.24, 2.45) is 5.41 Å². The number of nitrogens with one attached hydrogen (secondary N) is 2. The van der Waals surface area contributed by atoms with Crippen molar-refractivity contribution in [2.45, 2.75) is 46.6 Å². The number of para-hydroxylation sites is 1. The second-order valence-electron chi connectivity index (χ2n) is 8.58. The number of ketones is 1. The van der Waals surface area contributed by atoms with Crippen LogP contribution < -0.4 is 10.6 Å². The smallest absolute Gasteiger partial charge is 0.163 e. The van der Waals surface area contributed by atoms with E-state index in [-0.39, 0.29) is 23.0 Å². The number of phenolic OH excluding ortho intramolecular Hbond substituents is 1. The maximum absolute atomic E-state index is 13.2. The number of aromatic hydroxyl groups is 1. The molecule has 4 heteroatoms. The molecule has 2 aromatic rings. The largest absolute Gasteiger partial charge is 0.508 e. The van der Waals surface area contributed by atoms with Crippen molar-refractivity contribution < 1.29 is 9.90 Å². The summed E-state index contributed by atoms with van der Waals surface area (Å²) in [5.74, 6) is 0.336. The van der Waals surface area contributed by atoms with Crippen molar-refractivity contribution >= 4 is 17.2 Å². The Hall–Kier alpha value is -2.75. The Kier molecular flexibility index (Phi) is 4.02. The maximum Gasteiger partial charge on any atom is 0.163 e. The van der Waals surface area contributed by atoms with Gasteiger partial charge in [0.15, 0.2) is 5.78 Å². The molecule has 0 fully saturated rings. The minimum absolute atomic E-state index is 0.0869. The Balaban J connectivity index is 1.93. The zero-order chi connectivity index (χ0) is 19.3. The maximum atomic E-state index is 13.2. The van der Waals surface area contributed by atoms with Crippen LogP contribution in [0.25, 0.3) is 0 Å². The van der Waals surface area contributed by atoms with E-state index in [1.807, 2.05) is 12.1 Å². The summed E-state index contributed by atoms with van der Waals surface area (Å²) in [5.41, 5.74) is 6.65. The third-order valence-electron chi connectivity index (χ3n) is 5.68. The first-order chi connectivity index (χ1) is 12.7. The highest BCUT2D eigenvalue weighted by molar-refractivity contribution is 6.01. The molecule has 2 aromatic carbocycles. The van der Waals surface area contributed by atoms with E-state index < -0.39 is 0 Å². The fourth-order valence-corrected chi connectivity index (χ4v) is 4.18. The number of phenols is 1. The van der Waals surface area contributed by atoms with Gasteiger partial charge in [-0.15, -0.1) is 0 Å². The molecule has 0 saturated heterocycles. The molecule has 0 spiro atoms. The quantitative estimate of drug-likeness (QED) is 0.650. The summed E-state index contributed by atoms with van der Waals surface area (Å²) in [6, 6.07) is 11.1. The number of carbonyl (C=O) groups is 1. The number of Topliss-reactive ketones (excluding diaryl/α,β-unsaturated/α-hetero) is 1. The first kappa shape index (κ1) is 17.7. The summed E-state index contributed by atoms with van der Waals surface area (Å²) >= 11 is 0. The predicted octanol–water partition coefficient (Wildman–Crippen LogP) is 5.23. The van der Waals surface area contributed by atoms with Gasteiger partial charge in [-0.2, -0.15) is 0 Å². The van der Waals surface area contributed by atoms with Gasteiger partial charge in [0.05, 0.1) is 17.4 Å². The number of anilines is 2. The summed E-state index contributed by atoms with van der Waals surface area (Å²) in [5, 5.41) is 17.6. The Morgan fingerprint density at radius 2 is 1.70 bits per heavy atom. The van der Waals surface area contributed by atoms with E-state index in [0.29, 0.717) is 6.42 Å². The average molecular weight is 362 g/mol. The summed E-state index contributed by atoms with van der Waals surface area (Å²) in [4.78, 5) is 13.2. The second-order valence-corrected chi connectivity index (χ2v) is 8.58. The van der Waals surface area contributed by atoms with Gasteiger partial charge in [-0.1, -0.05) is 32.0 Å². The summed E-state index contributed by atoms with van der Waals surface area (Å²) in [7, 11) is 0. The molecule has 0 saturated carbocycles. The molecule has 1 heterocycles. The van der Waals surface area contributed by atoms with E-state index in [1.165, 1.54) is 11.1 Å². The zero-order valence-corrected chi connectivity index (χ0v) is 16.3. The molecule has 2 aliphatic rings.